The van der Waals surface area contributed by atoms with Gasteiger partial charge in [-0.3, -0.25) is 4.79 Å². The Bertz CT molecular complexity index is 643. The lowest BCUT2D eigenvalue weighted by Crippen LogP contribution is -2.46. The summed E-state index contributed by atoms with van der Waals surface area (Å²) >= 11 is 0. The molecule has 1 aromatic carbocycles. The Hall–Kier alpha value is -1.40. The maximum Gasteiger partial charge on any atom is 0.324 e. The molecular weight excluding hydrogens is 302 g/mol. The molecule has 1 aliphatic heterocycles. The van der Waals surface area contributed by atoms with Crippen LogP contribution in [0.25, 0.3) is 0 Å². The average Bonchev–Trinajstić information content (AvgIpc) is 2.95. The number of esters is 1. The molecular formula is C16H21NO4S. The van der Waals surface area contributed by atoms with E-state index in [0.29, 0.717) is 6.42 Å². The summed E-state index contributed by atoms with van der Waals surface area (Å²) in [5.41, 5.74) is 0. The van der Waals surface area contributed by atoms with Gasteiger partial charge < -0.3 is 4.74 Å². The van der Waals surface area contributed by atoms with Crippen molar-refractivity contribution in [2.75, 3.05) is 7.11 Å². The van der Waals surface area contributed by atoms with Crippen molar-refractivity contribution in [3.05, 3.63) is 30.3 Å². The van der Waals surface area contributed by atoms with Gasteiger partial charge in [0.15, 0.2) is 0 Å². The van der Waals surface area contributed by atoms with E-state index >= 15 is 0 Å². The molecule has 1 saturated heterocycles. The van der Waals surface area contributed by atoms with Gasteiger partial charge in [-0.25, -0.2) is 8.42 Å². The van der Waals surface area contributed by atoms with E-state index in [1.54, 1.807) is 30.3 Å². The second kappa shape index (κ2) is 6.01. The number of ether oxygens (including phenoxy) is 1. The maximum absolute atomic E-state index is 13.0. The Morgan fingerprint density at radius 2 is 1.86 bits per heavy atom. The van der Waals surface area contributed by atoms with Crippen LogP contribution in [0.5, 0.6) is 0 Å². The van der Waals surface area contributed by atoms with Gasteiger partial charge in [0.25, 0.3) is 0 Å². The van der Waals surface area contributed by atoms with Crippen molar-refractivity contribution in [3.8, 4) is 0 Å². The molecule has 0 aromatic heterocycles. The summed E-state index contributed by atoms with van der Waals surface area (Å²) in [4.78, 5) is 12.4. The summed E-state index contributed by atoms with van der Waals surface area (Å²) in [6, 6.07) is 7.58. The molecule has 1 aliphatic carbocycles. The molecule has 0 spiro atoms. The van der Waals surface area contributed by atoms with Crippen molar-refractivity contribution in [3.63, 3.8) is 0 Å². The molecule has 1 saturated carbocycles. The highest BCUT2D eigenvalue weighted by molar-refractivity contribution is 7.89. The van der Waals surface area contributed by atoms with Crippen molar-refractivity contribution in [2.45, 2.75) is 49.1 Å². The zero-order valence-electron chi connectivity index (χ0n) is 12.6. The first-order valence-electron chi connectivity index (χ1n) is 7.72. The molecule has 0 radical (unpaired) electrons. The third-order valence-corrected chi connectivity index (χ3v) is 6.77. The normalized spacial score (nSPS) is 29.0. The molecule has 0 bridgehead atoms. The monoisotopic (exact) mass is 323 g/mol. The molecule has 6 heteroatoms. The Balaban J connectivity index is 2.02. The first kappa shape index (κ1) is 15.5. The maximum atomic E-state index is 13.0. The van der Waals surface area contributed by atoms with Gasteiger partial charge in [0.05, 0.1) is 12.0 Å². The number of fused-ring (bicyclic) bond motifs is 1. The van der Waals surface area contributed by atoms with Crippen LogP contribution in [0.1, 0.15) is 32.1 Å². The molecule has 0 amide bonds. The van der Waals surface area contributed by atoms with Gasteiger partial charge in [-0.2, -0.15) is 4.31 Å². The predicted octanol–water partition coefficient (Wildman–Crippen LogP) is 2.18. The average molecular weight is 323 g/mol. The Kier molecular flexibility index (Phi) is 4.23. The molecule has 1 aromatic rings. The smallest absolute Gasteiger partial charge is 0.324 e. The van der Waals surface area contributed by atoms with E-state index in [2.05, 4.69) is 0 Å². The van der Waals surface area contributed by atoms with Gasteiger partial charge in [0, 0.05) is 6.04 Å². The zero-order chi connectivity index (χ0) is 15.7. The fraction of sp³-hybridized carbons (Fsp3) is 0.562. The topological polar surface area (TPSA) is 63.7 Å². The standard InChI is InChI=1S/C16H21NO4S/c1-21-16(18)15-11-12-7-5-6-10-14(12)17(15)22(19,20)13-8-3-2-4-9-13/h2-4,8-9,12,14-15H,5-7,10-11H2,1H3/t12-,14-,15-/m0/s1. The van der Waals surface area contributed by atoms with Crippen LogP contribution in [0.3, 0.4) is 0 Å². The fourth-order valence-electron chi connectivity index (χ4n) is 3.82. The van der Waals surface area contributed by atoms with E-state index in [9.17, 15) is 13.2 Å². The van der Waals surface area contributed by atoms with Crippen molar-refractivity contribution in [1.82, 2.24) is 4.31 Å². The number of hydrogen-bond donors (Lipinski definition) is 0. The highest BCUT2D eigenvalue weighted by Gasteiger charge is 2.51. The minimum absolute atomic E-state index is 0.0805. The summed E-state index contributed by atoms with van der Waals surface area (Å²) in [6.07, 6.45) is 4.50. The van der Waals surface area contributed by atoms with Crippen LogP contribution in [0.4, 0.5) is 0 Å². The molecule has 0 unspecified atom stereocenters. The summed E-state index contributed by atoms with van der Waals surface area (Å²) < 4.78 is 32.4. The predicted molar refractivity (Wildman–Crippen MR) is 81.6 cm³/mol. The number of methoxy groups -OCH3 is 1. The van der Waals surface area contributed by atoms with Crippen molar-refractivity contribution in [1.29, 1.82) is 0 Å². The number of carbonyl (C=O) groups is 1. The van der Waals surface area contributed by atoms with E-state index in [-0.39, 0.29) is 16.9 Å². The molecule has 0 N–H and O–H groups in total. The Morgan fingerprint density at radius 1 is 1.18 bits per heavy atom. The number of carbonyl (C=O) groups excluding carboxylic acids is 1. The van der Waals surface area contributed by atoms with Crippen LogP contribution in [0, 0.1) is 5.92 Å². The Morgan fingerprint density at radius 3 is 2.55 bits per heavy atom. The summed E-state index contributed by atoms with van der Waals surface area (Å²) in [5, 5.41) is 0. The second-order valence-corrected chi connectivity index (χ2v) is 7.88. The molecule has 2 aliphatic rings. The van der Waals surface area contributed by atoms with Crippen LogP contribution in [0.15, 0.2) is 35.2 Å². The van der Waals surface area contributed by atoms with Crippen molar-refractivity contribution < 1.29 is 17.9 Å². The third kappa shape index (κ3) is 2.54. The van der Waals surface area contributed by atoms with E-state index in [1.807, 2.05) is 0 Å². The highest BCUT2D eigenvalue weighted by Crippen LogP contribution is 2.42. The SMILES string of the molecule is COC(=O)[C@@H]1C[C@@H]2CCCC[C@@H]2N1S(=O)(=O)c1ccccc1. The van der Waals surface area contributed by atoms with Crippen molar-refractivity contribution >= 4 is 16.0 Å². The Labute approximate surface area is 131 Å². The largest absolute Gasteiger partial charge is 0.468 e. The van der Waals surface area contributed by atoms with Gasteiger partial charge in [0.1, 0.15) is 6.04 Å². The van der Waals surface area contributed by atoms with Gasteiger partial charge in [-0.1, -0.05) is 31.0 Å². The molecule has 5 nitrogen and oxygen atoms in total. The minimum Gasteiger partial charge on any atom is -0.468 e. The van der Waals surface area contributed by atoms with E-state index < -0.39 is 22.0 Å². The van der Waals surface area contributed by atoms with E-state index in [0.717, 1.165) is 25.7 Å². The van der Waals surface area contributed by atoms with Gasteiger partial charge in [-0.15, -0.1) is 0 Å². The molecule has 3 atom stereocenters. The van der Waals surface area contributed by atoms with Crippen LogP contribution < -0.4 is 0 Å². The van der Waals surface area contributed by atoms with Gasteiger partial charge >= 0.3 is 5.97 Å². The second-order valence-electron chi connectivity index (χ2n) is 6.03. The number of sulfonamides is 1. The van der Waals surface area contributed by atoms with Gasteiger partial charge in [-0.05, 0) is 37.3 Å². The quantitative estimate of drug-likeness (QED) is 0.800. The summed E-state index contributed by atoms with van der Waals surface area (Å²) in [6.45, 7) is 0. The van der Waals surface area contributed by atoms with Crippen molar-refractivity contribution in [2.24, 2.45) is 5.92 Å². The first-order chi connectivity index (χ1) is 10.6. The minimum atomic E-state index is -3.68. The molecule has 22 heavy (non-hydrogen) atoms. The van der Waals surface area contributed by atoms with Crippen LogP contribution in [-0.2, 0) is 19.6 Å². The van der Waals surface area contributed by atoms with E-state index in [1.165, 1.54) is 11.4 Å². The molecule has 120 valence electrons. The van der Waals surface area contributed by atoms with Crippen LogP contribution in [-0.4, -0.2) is 37.9 Å². The third-order valence-electron chi connectivity index (χ3n) is 4.82. The fourth-order valence-corrected chi connectivity index (χ4v) is 5.70. The van der Waals surface area contributed by atoms with Gasteiger partial charge in [0.2, 0.25) is 10.0 Å². The van der Waals surface area contributed by atoms with E-state index in [4.69, 9.17) is 4.74 Å². The number of benzene rings is 1. The number of hydrogen-bond acceptors (Lipinski definition) is 4. The van der Waals surface area contributed by atoms with Crippen LogP contribution in [0.2, 0.25) is 0 Å². The number of rotatable bonds is 3. The zero-order valence-corrected chi connectivity index (χ0v) is 13.5. The highest BCUT2D eigenvalue weighted by atomic mass is 32.2. The lowest BCUT2D eigenvalue weighted by atomic mass is 9.85. The molecule has 1 heterocycles. The summed E-state index contributed by atoms with van der Waals surface area (Å²) in [5.74, 6) is -0.190. The lowest BCUT2D eigenvalue weighted by molar-refractivity contribution is -0.144. The summed E-state index contributed by atoms with van der Waals surface area (Å²) in [7, 11) is -2.36. The molecule has 2 fully saturated rings. The lowest BCUT2D eigenvalue weighted by Gasteiger charge is -2.32. The first-order valence-corrected chi connectivity index (χ1v) is 9.16. The number of nitrogens with zero attached hydrogens (tertiary/aromatic N) is 1. The van der Waals surface area contributed by atoms with Crippen LogP contribution >= 0.6 is 0 Å². The molecule has 3 rings (SSSR count).